The van der Waals surface area contributed by atoms with E-state index < -0.39 is 0 Å². The predicted octanol–water partition coefficient (Wildman–Crippen LogP) is 1.49. The summed E-state index contributed by atoms with van der Waals surface area (Å²) in [6.45, 7) is 2.39. The normalized spacial score (nSPS) is 30.3. The molecule has 2 aliphatic heterocycles. The van der Waals surface area contributed by atoms with Crippen molar-refractivity contribution < 1.29 is 9.18 Å². The van der Waals surface area contributed by atoms with Gasteiger partial charge in [0, 0.05) is 25.2 Å². The van der Waals surface area contributed by atoms with Crippen molar-refractivity contribution in [1.82, 2.24) is 15.1 Å². The fourth-order valence-electron chi connectivity index (χ4n) is 3.65. The number of likely N-dealkylation sites (tertiary alicyclic amines) is 1. The number of hydrogen-bond acceptors (Lipinski definition) is 3. The molecule has 4 nitrogen and oxygen atoms in total. The van der Waals surface area contributed by atoms with Crippen LogP contribution in [0.15, 0.2) is 24.3 Å². The highest BCUT2D eigenvalue weighted by Gasteiger charge is 2.42. The fourth-order valence-corrected chi connectivity index (χ4v) is 3.65. The maximum absolute atomic E-state index is 13.5. The summed E-state index contributed by atoms with van der Waals surface area (Å²) < 4.78 is 13.5. The Hall–Kier alpha value is -1.46. The van der Waals surface area contributed by atoms with E-state index in [4.69, 9.17) is 0 Å². The first-order valence-corrected chi connectivity index (χ1v) is 7.76. The molecule has 2 unspecified atom stereocenters. The van der Waals surface area contributed by atoms with E-state index >= 15 is 0 Å². The van der Waals surface area contributed by atoms with Crippen LogP contribution in [0.3, 0.4) is 0 Å². The summed E-state index contributed by atoms with van der Waals surface area (Å²) in [5.41, 5.74) is 0.839. The van der Waals surface area contributed by atoms with Crippen LogP contribution in [0, 0.1) is 5.82 Å². The number of amides is 1. The van der Waals surface area contributed by atoms with Crippen molar-refractivity contribution in [3.8, 4) is 0 Å². The molecule has 5 heteroatoms. The van der Waals surface area contributed by atoms with Gasteiger partial charge in [0.25, 0.3) is 0 Å². The molecule has 1 aromatic carbocycles. The predicted molar refractivity (Wildman–Crippen MR) is 77.0 cm³/mol. The summed E-state index contributed by atoms with van der Waals surface area (Å²) in [5.74, 6) is -0.119. The Morgan fingerprint density at radius 2 is 2.05 bits per heavy atom. The summed E-state index contributed by atoms with van der Waals surface area (Å²) in [4.78, 5) is 16.7. The second-order valence-corrected chi connectivity index (χ2v) is 6.31. The quantitative estimate of drug-likeness (QED) is 0.916. The molecule has 112 valence electrons. The number of hydrogen-bond donors (Lipinski definition) is 1. The van der Waals surface area contributed by atoms with Gasteiger partial charge >= 0.3 is 0 Å². The van der Waals surface area contributed by atoms with Crippen molar-refractivity contribution in [3.63, 3.8) is 0 Å². The molecule has 0 bridgehead atoms. The lowest BCUT2D eigenvalue weighted by Gasteiger charge is -2.30. The first-order valence-electron chi connectivity index (χ1n) is 7.76. The Labute approximate surface area is 123 Å². The number of rotatable bonds is 3. The molecule has 0 aromatic heterocycles. The zero-order valence-corrected chi connectivity index (χ0v) is 12.0. The van der Waals surface area contributed by atoms with Crippen LogP contribution in [-0.2, 0) is 4.79 Å². The Kier molecular flexibility index (Phi) is 3.19. The third-order valence-corrected chi connectivity index (χ3v) is 4.83. The van der Waals surface area contributed by atoms with Gasteiger partial charge in [-0.1, -0.05) is 12.1 Å². The molecular weight excluding hydrogens is 269 g/mol. The largest absolute Gasteiger partial charge is 0.317 e. The average molecular weight is 289 g/mol. The number of nitrogens with one attached hydrogen (secondary N) is 1. The minimum Gasteiger partial charge on any atom is -0.317 e. The van der Waals surface area contributed by atoms with Crippen molar-refractivity contribution in [2.75, 3.05) is 19.6 Å². The second kappa shape index (κ2) is 5.07. The number of halogens is 1. The summed E-state index contributed by atoms with van der Waals surface area (Å²) in [6.07, 6.45) is 3.44. The smallest absolute Gasteiger partial charge is 0.238 e. The lowest BCUT2D eigenvalue weighted by molar-refractivity contribution is -0.130. The molecule has 2 atom stereocenters. The molecule has 1 amide bonds. The zero-order valence-electron chi connectivity index (χ0n) is 12.0. The van der Waals surface area contributed by atoms with Crippen molar-refractivity contribution in [3.05, 3.63) is 35.6 Å². The Morgan fingerprint density at radius 1 is 1.19 bits per heavy atom. The van der Waals surface area contributed by atoms with Gasteiger partial charge in [-0.3, -0.25) is 15.0 Å². The van der Waals surface area contributed by atoms with Crippen molar-refractivity contribution >= 4 is 5.91 Å². The highest BCUT2D eigenvalue weighted by atomic mass is 19.1. The van der Waals surface area contributed by atoms with Gasteiger partial charge in [0.05, 0.1) is 6.54 Å². The number of nitrogens with zero attached hydrogens (tertiary/aromatic N) is 2. The summed E-state index contributed by atoms with van der Waals surface area (Å²) in [5, 5.41) is 3.23. The maximum atomic E-state index is 13.5. The minimum absolute atomic E-state index is 0.131. The third kappa shape index (κ3) is 2.45. The molecule has 0 radical (unpaired) electrons. The topological polar surface area (TPSA) is 35.6 Å². The van der Waals surface area contributed by atoms with E-state index in [2.05, 4.69) is 10.2 Å². The van der Waals surface area contributed by atoms with Gasteiger partial charge in [-0.05, 0) is 37.0 Å². The number of benzene rings is 1. The number of carbonyl (C=O) groups is 1. The summed E-state index contributed by atoms with van der Waals surface area (Å²) in [7, 11) is 0. The van der Waals surface area contributed by atoms with Crippen molar-refractivity contribution in [1.29, 1.82) is 0 Å². The van der Waals surface area contributed by atoms with Crippen LogP contribution in [0.25, 0.3) is 0 Å². The molecule has 3 aliphatic rings. The van der Waals surface area contributed by atoms with E-state index in [1.807, 2.05) is 11.0 Å². The lowest BCUT2D eigenvalue weighted by Crippen LogP contribution is -2.41. The highest BCUT2D eigenvalue weighted by Crippen LogP contribution is 2.34. The molecule has 1 N–H and O–H groups in total. The lowest BCUT2D eigenvalue weighted by atomic mass is 10.1. The van der Waals surface area contributed by atoms with Crippen molar-refractivity contribution in [2.24, 2.45) is 0 Å². The molecule has 2 heterocycles. The summed E-state index contributed by atoms with van der Waals surface area (Å²) >= 11 is 0. The second-order valence-electron chi connectivity index (χ2n) is 6.31. The highest BCUT2D eigenvalue weighted by molar-refractivity contribution is 5.81. The van der Waals surface area contributed by atoms with Crippen LogP contribution in [-0.4, -0.2) is 47.4 Å². The van der Waals surface area contributed by atoms with E-state index in [-0.39, 0.29) is 23.9 Å². The van der Waals surface area contributed by atoms with Gasteiger partial charge in [0.1, 0.15) is 12.0 Å². The first kappa shape index (κ1) is 13.2. The maximum Gasteiger partial charge on any atom is 0.238 e. The molecule has 2 saturated heterocycles. The van der Waals surface area contributed by atoms with Crippen LogP contribution in [0.2, 0.25) is 0 Å². The SMILES string of the molecule is O=C1CNC(c2cccc(F)c2)N1C1CCN(C2CC2)C1. The Bertz CT molecular complexity index is 560. The Morgan fingerprint density at radius 3 is 2.81 bits per heavy atom. The molecule has 1 aliphatic carbocycles. The number of carbonyl (C=O) groups excluding carboxylic acids is 1. The van der Waals surface area contributed by atoms with Gasteiger partial charge in [-0.2, -0.15) is 0 Å². The standard InChI is InChI=1S/C16H20FN3O/c17-12-3-1-2-11(8-12)16-18-9-15(21)20(16)14-6-7-19(10-14)13-4-5-13/h1-3,8,13-14,16,18H,4-7,9-10H2. The molecule has 4 rings (SSSR count). The van der Waals surface area contributed by atoms with Crippen LogP contribution >= 0.6 is 0 Å². The van der Waals surface area contributed by atoms with Gasteiger partial charge < -0.3 is 4.90 Å². The van der Waals surface area contributed by atoms with Crippen LogP contribution in [0.4, 0.5) is 4.39 Å². The molecule has 1 saturated carbocycles. The Balaban J connectivity index is 1.55. The van der Waals surface area contributed by atoms with E-state index in [1.165, 1.54) is 25.0 Å². The molecule has 0 spiro atoms. The molecule has 1 aromatic rings. The average Bonchev–Trinajstić information content (AvgIpc) is 3.08. The summed E-state index contributed by atoms with van der Waals surface area (Å²) in [6, 6.07) is 7.55. The minimum atomic E-state index is -0.250. The van der Waals surface area contributed by atoms with E-state index in [0.717, 1.165) is 31.1 Å². The molecule has 21 heavy (non-hydrogen) atoms. The van der Waals surface area contributed by atoms with E-state index in [9.17, 15) is 9.18 Å². The van der Waals surface area contributed by atoms with Gasteiger partial charge in [-0.25, -0.2) is 4.39 Å². The van der Waals surface area contributed by atoms with Gasteiger partial charge in [0.15, 0.2) is 0 Å². The third-order valence-electron chi connectivity index (χ3n) is 4.83. The van der Waals surface area contributed by atoms with Crippen LogP contribution in [0.1, 0.15) is 31.0 Å². The van der Waals surface area contributed by atoms with Crippen LogP contribution < -0.4 is 5.32 Å². The fraction of sp³-hybridized carbons (Fsp3) is 0.562. The van der Waals surface area contributed by atoms with E-state index in [0.29, 0.717) is 6.54 Å². The van der Waals surface area contributed by atoms with Gasteiger partial charge in [-0.15, -0.1) is 0 Å². The van der Waals surface area contributed by atoms with Crippen LogP contribution in [0.5, 0.6) is 0 Å². The monoisotopic (exact) mass is 289 g/mol. The van der Waals surface area contributed by atoms with E-state index in [1.54, 1.807) is 6.07 Å². The molecule has 3 fully saturated rings. The first-order chi connectivity index (χ1) is 10.2. The van der Waals surface area contributed by atoms with Crippen molar-refractivity contribution in [2.45, 2.75) is 37.5 Å². The van der Waals surface area contributed by atoms with Gasteiger partial charge in [0.2, 0.25) is 5.91 Å². The molecular formula is C16H20FN3O. The zero-order chi connectivity index (χ0) is 14.4.